The lowest BCUT2D eigenvalue weighted by molar-refractivity contribution is -0.274. The number of benzene rings is 2. The summed E-state index contributed by atoms with van der Waals surface area (Å²) in [6.07, 6.45) is 2.62. The third-order valence-corrected chi connectivity index (χ3v) is 6.51. The first-order valence-corrected chi connectivity index (χ1v) is 11.8. The fraction of sp³-hybridized carbons (Fsp3) is 0.407. The van der Waals surface area contributed by atoms with Crippen molar-refractivity contribution in [2.75, 3.05) is 6.61 Å². The molecule has 2 aromatic carbocycles. The largest absolute Gasteiger partial charge is 0.573 e. The highest BCUT2D eigenvalue weighted by atomic mass is 19.4. The zero-order valence-corrected chi connectivity index (χ0v) is 19.5. The summed E-state index contributed by atoms with van der Waals surface area (Å²) in [5.41, 5.74) is 2.70. The first-order chi connectivity index (χ1) is 16.8. The molecule has 0 saturated heterocycles. The number of carbonyl (C=O) groups is 1. The van der Waals surface area contributed by atoms with E-state index in [0.717, 1.165) is 42.1 Å². The Morgan fingerprint density at radius 1 is 1.17 bits per heavy atom. The predicted molar refractivity (Wildman–Crippen MR) is 125 cm³/mol. The van der Waals surface area contributed by atoms with E-state index in [9.17, 15) is 23.2 Å². The zero-order chi connectivity index (χ0) is 25.0. The molecule has 1 atom stereocenters. The molecule has 0 aliphatic heterocycles. The Hall–Kier alpha value is -3.47. The van der Waals surface area contributed by atoms with Gasteiger partial charge in [0.15, 0.2) is 0 Å². The van der Waals surface area contributed by atoms with Gasteiger partial charge in [-0.2, -0.15) is 5.26 Å². The molecule has 0 N–H and O–H groups in total. The first kappa shape index (κ1) is 24.6. The molecule has 0 bridgehead atoms. The second-order valence-electron chi connectivity index (χ2n) is 8.81. The number of rotatable bonds is 7. The second kappa shape index (κ2) is 10.4. The minimum absolute atomic E-state index is 0.0517. The molecule has 3 aromatic rings. The van der Waals surface area contributed by atoms with E-state index in [-0.39, 0.29) is 24.8 Å². The number of hydrogen-bond acceptors (Lipinski definition) is 4. The summed E-state index contributed by atoms with van der Waals surface area (Å²) < 4.78 is 50.2. The molecule has 1 fully saturated rings. The average molecular weight is 485 g/mol. The summed E-state index contributed by atoms with van der Waals surface area (Å²) in [7, 11) is 0. The van der Waals surface area contributed by atoms with Gasteiger partial charge < -0.3 is 14.0 Å². The predicted octanol–water partition coefficient (Wildman–Crippen LogP) is 7.00. The molecule has 0 radical (unpaired) electrons. The number of hydrogen-bond donors (Lipinski definition) is 0. The van der Waals surface area contributed by atoms with Gasteiger partial charge in [0.05, 0.1) is 24.7 Å². The standard InChI is InChI=1S/C27H27F3N2O3/c1-2-34-26(33)15-22(19-7-6-10-21(14-19)35-27(28,29)30)24-17-32(20-8-4-3-5-9-20)25-12-11-18(16-31)13-23(24)25/h6-7,10-14,17,20,22H,2-5,8-9,15H2,1H3. The van der Waals surface area contributed by atoms with E-state index >= 15 is 0 Å². The minimum atomic E-state index is -4.83. The van der Waals surface area contributed by atoms with Crippen molar-refractivity contribution in [3.8, 4) is 11.8 Å². The van der Waals surface area contributed by atoms with Crippen LogP contribution in [0.15, 0.2) is 48.7 Å². The van der Waals surface area contributed by atoms with Crippen molar-refractivity contribution in [3.63, 3.8) is 0 Å². The molecular weight excluding hydrogens is 457 g/mol. The molecule has 4 rings (SSSR count). The molecule has 1 heterocycles. The maximum Gasteiger partial charge on any atom is 0.573 e. The van der Waals surface area contributed by atoms with Crippen LogP contribution in [-0.4, -0.2) is 23.5 Å². The summed E-state index contributed by atoms with van der Waals surface area (Å²) in [6.45, 7) is 1.91. The Morgan fingerprint density at radius 3 is 2.63 bits per heavy atom. The van der Waals surface area contributed by atoms with Crippen LogP contribution in [0.2, 0.25) is 0 Å². The Labute approximate surface area is 202 Å². The van der Waals surface area contributed by atoms with Crippen LogP contribution in [0.5, 0.6) is 5.75 Å². The molecular formula is C27H27F3N2O3. The van der Waals surface area contributed by atoms with E-state index < -0.39 is 18.2 Å². The number of ether oxygens (including phenoxy) is 2. The number of halogens is 3. The number of carbonyl (C=O) groups excluding carboxylic acids is 1. The van der Waals surface area contributed by atoms with E-state index in [4.69, 9.17) is 4.74 Å². The monoisotopic (exact) mass is 484 g/mol. The van der Waals surface area contributed by atoms with Crippen molar-refractivity contribution in [2.24, 2.45) is 0 Å². The third kappa shape index (κ3) is 5.79. The van der Waals surface area contributed by atoms with Gasteiger partial charge in [-0.3, -0.25) is 4.79 Å². The lowest BCUT2D eigenvalue weighted by Crippen LogP contribution is -2.17. The molecule has 1 aliphatic rings. The quantitative estimate of drug-likeness (QED) is 0.339. The van der Waals surface area contributed by atoms with Crippen molar-refractivity contribution >= 4 is 16.9 Å². The molecule has 184 valence electrons. The SMILES string of the molecule is CCOC(=O)CC(c1cccc(OC(F)(F)F)c1)c1cn(C2CCCCC2)c2ccc(C#N)cc12. The smallest absolute Gasteiger partial charge is 0.466 e. The third-order valence-electron chi connectivity index (χ3n) is 6.51. The molecule has 8 heteroatoms. The van der Waals surface area contributed by atoms with Crippen LogP contribution in [0, 0.1) is 11.3 Å². The normalized spacial score (nSPS) is 15.5. The molecule has 1 unspecified atom stereocenters. The lowest BCUT2D eigenvalue weighted by Gasteiger charge is -2.24. The van der Waals surface area contributed by atoms with Gasteiger partial charge in [-0.1, -0.05) is 31.4 Å². The molecule has 1 aliphatic carbocycles. The van der Waals surface area contributed by atoms with Crippen LogP contribution in [0.1, 0.15) is 74.1 Å². The molecule has 0 amide bonds. The Kier molecular flexibility index (Phi) is 7.34. The van der Waals surface area contributed by atoms with Gasteiger partial charge in [0.25, 0.3) is 0 Å². The van der Waals surface area contributed by atoms with Crippen molar-refractivity contribution in [2.45, 2.75) is 63.8 Å². The van der Waals surface area contributed by atoms with Crippen LogP contribution in [-0.2, 0) is 9.53 Å². The minimum Gasteiger partial charge on any atom is -0.466 e. The van der Waals surface area contributed by atoms with Crippen LogP contribution < -0.4 is 4.74 Å². The van der Waals surface area contributed by atoms with Crippen molar-refractivity contribution in [3.05, 3.63) is 65.4 Å². The maximum atomic E-state index is 12.9. The van der Waals surface area contributed by atoms with Gasteiger partial charge in [-0.25, -0.2) is 0 Å². The van der Waals surface area contributed by atoms with Crippen LogP contribution in [0.3, 0.4) is 0 Å². The van der Waals surface area contributed by atoms with Crippen LogP contribution >= 0.6 is 0 Å². The van der Waals surface area contributed by atoms with E-state index in [1.165, 1.54) is 24.6 Å². The van der Waals surface area contributed by atoms with E-state index in [1.807, 2.05) is 12.3 Å². The average Bonchev–Trinajstić information content (AvgIpc) is 3.21. The Balaban J connectivity index is 1.86. The van der Waals surface area contributed by atoms with Crippen LogP contribution in [0.25, 0.3) is 10.9 Å². The van der Waals surface area contributed by atoms with Gasteiger partial charge in [0.1, 0.15) is 5.75 Å². The molecule has 0 spiro atoms. The second-order valence-corrected chi connectivity index (χ2v) is 8.81. The lowest BCUT2D eigenvalue weighted by atomic mass is 9.88. The zero-order valence-electron chi connectivity index (χ0n) is 19.5. The topological polar surface area (TPSA) is 64.2 Å². The summed E-state index contributed by atoms with van der Waals surface area (Å²) in [4.78, 5) is 12.6. The summed E-state index contributed by atoms with van der Waals surface area (Å²) >= 11 is 0. The number of aromatic nitrogens is 1. The summed E-state index contributed by atoms with van der Waals surface area (Å²) in [6, 6.07) is 13.6. The first-order valence-electron chi connectivity index (χ1n) is 11.8. The summed E-state index contributed by atoms with van der Waals surface area (Å²) in [5.74, 6) is -1.38. The summed E-state index contributed by atoms with van der Waals surface area (Å²) in [5, 5.41) is 10.3. The van der Waals surface area contributed by atoms with Gasteiger partial charge in [-0.05, 0) is 61.2 Å². The number of alkyl halides is 3. The van der Waals surface area contributed by atoms with Crippen molar-refractivity contribution in [1.82, 2.24) is 4.57 Å². The van der Waals surface area contributed by atoms with Crippen molar-refractivity contribution < 1.29 is 27.4 Å². The highest BCUT2D eigenvalue weighted by molar-refractivity contribution is 5.87. The van der Waals surface area contributed by atoms with Crippen molar-refractivity contribution in [1.29, 1.82) is 5.26 Å². The number of nitrogens with zero attached hydrogens (tertiary/aromatic N) is 2. The number of esters is 1. The Bertz CT molecular complexity index is 1240. The molecule has 1 saturated carbocycles. The molecule has 35 heavy (non-hydrogen) atoms. The number of fused-ring (bicyclic) bond motifs is 1. The van der Waals surface area contributed by atoms with E-state index in [0.29, 0.717) is 11.1 Å². The fourth-order valence-electron chi connectivity index (χ4n) is 5.01. The molecule has 1 aromatic heterocycles. The van der Waals surface area contributed by atoms with E-state index in [1.54, 1.807) is 25.1 Å². The van der Waals surface area contributed by atoms with Gasteiger partial charge in [0.2, 0.25) is 0 Å². The molecule has 5 nitrogen and oxygen atoms in total. The van der Waals surface area contributed by atoms with Crippen LogP contribution in [0.4, 0.5) is 13.2 Å². The van der Waals surface area contributed by atoms with Gasteiger partial charge >= 0.3 is 12.3 Å². The Morgan fingerprint density at radius 2 is 1.94 bits per heavy atom. The highest BCUT2D eigenvalue weighted by Crippen LogP contribution is 2.40. The van der Waals surface area contributed by atoms with E-state index in [2.05, 4.69) is 15.4 Å². The fourth-order valence-corrected chi connectivity index (χ4v) is 5.01. The number of nitriles is 1. The highest BCUT2D eigenvalue weighted by Gasteiger charge is 2.32. The maximum absolute atomic E-state index is 12.9. The van der Waals surface area contributed by atoms with Gasteiger partial charge in [-0.15, -0.1) is 13.2 Å². The van der Waals surface area contributed by atoms with Gasteiger partial charge in [0, 0.05) is 29.1 Å².